The lowest BCUT2D eigenvalue weighted by Crippen LogP contribution is -2.25. The number of methoxy groups -OCH3 is 3. The molecule has 0 spiro atoms. The third-order valence-electron chi connectivity index (χ3n) is 2.85. The SMILES string of the molecule is COCCC(N)CC(=O)c1cc(OC)ccc1OC. The molecule has 0 radical (unpaired) electrons. The van der Waals surface area contributed by atoms with Crippen LogP contribution in [0.2, 0.25) is 0 Å². The predicted molar refractivity (Wildman–Crippen MR) is 73.0 cm³/mol. The Morgan fingerprint density at radius 1 is 1.26 bits per heavy atom. The number of hydrogen-bond donors (Lipinski definition) is 1. The molecular weight excluding hydrogens is 246 g/mol. The summed E-state index contributed by atoms with van der Waals surface area (Å²) in [6.45, 7) is 0.545. The first-order valence-electron chi connectivity index (χ1n) is 6.12. The lowest BCUT2D eigenvalue weighted by molar-refractivity contribution is 0.0963. The lowest BCUT2D eigenvalue weighted by Gasteiger charge is -2.13. The number of ether oxygens (including phenoxy) is 3. The molecule has 0 aliphatic carbocycles. The minimum Gasteiger partial charge on any atom is -0.497 e. The van der Waals surface area contributed by atoms with Gasteiger partial charge in [0.2, 0.25) is 0 Å². The van der Waals surface area contributed by atoms with Crippen molar-refractivity contribution in [2.45, 2.75) is 18.9 Å². The molecular formula is C14H21NO4. The van der Waals surface area contributed by atoms with Crippen molar-refractivity contribution in [1.29, 1.82) is 0 Å². The quantitative estimate of drug-likeness (QED) is 0.725. The molecule has 0 amide bonds. The van der Waals surface area contributed by atoms with Crippen molar-refractivity contribution in [1.82, 2.24) is 0 Å². The van der Waals surface area contributed by atoms with E-state index in [0.717, 1.165) is 0 Å². The molecule has 19 heavy (non-hydrogen) atoms. The van der Waals surface area contributed by atoms with Gasteiger partial charge >= 0.3 is 0 Å². The van der Waals surface area contributed by atoms with Crippen molar-refractivity contribution in [2.75, 3.05) is 27.9 Å². The smallest absolute Gasteiger partial charge is 0.168 e. The van der Waals surface area contributed by atoms with Crippen LogP contribution in [0.1, 0.15) is 23.2 Å². The van der Waals surface area contributed by atoms with Gasteiger partial charge in [0.1, 0.15) is 11.5 Å². The summed E-state index contributed by atoms with van der Waals surface area (Å²) in [5.41, 5.74) is 6.38. The molecule has 5 heteroatoms. The summed E-state index contributed by atoms with van der Waals surface area (Å²) in [6, 6.07) is 4.92. The monoisotopic (exact) mass is 267 g/mol. The van der Waals surface area contributed by atoms with Crippen molar-refractivity contribution in [3.8, 4) is 11.5 Å². The fourth-order valence-electron chi connectivity index (χ4n) is 1.75. The molecule has 0 saturated heterocycles. The number of rotatable bonds is 8. The van der Waals surface area contributed by atoms with Gasteiger partial charge in [-0.2, -0.15) is 0 Å². The normalized spacial score (nSPS) is 12.0. The van der Waals surface area contributed by atoms with Gasteiger partial charge in [0.15, 0.2) is 5.78 Å². The van der Waals surface area contributed by atoms with Crippen LogP contribution in [0.5, 0.6) is 11.5 Å². The predicted octanol–water partition coefficient (Wildman–Crippen LogP) is 1.64. The summed E-state index contributed by atoms with van der Waals surface area (Å²) >= 11 is 0. The average molecular weight is 267 g/mol. The Labute approximate surface area is 113 Å². The maximum atomic E-state index is 12.2. The Kier molecular flexibility index (Phi) is 6.32. The van der Waals surface area contributed by atoms with Gasteiger partial charge in [-0.3, -0.25) is 4.79 Å². The molecule has 106 valence electrons. The Morgan fingerprint density at radius 2 is 2.00 bits per heavy atom. The van der Waals surface area contributed by atoms with Crippen molar-refractivity contribution in [2.24, 2.45) is 5.73 Å². The summed E-state index contributed by atoms with van der Waals surface area (Å²) in [5, 5.41) is 0. The number of hydrogen-bond acceptors (Lipinski definition) is 5. The molecule has 0 aromatic heterocycles. The summed E-state index contributed by atoms with van der Waals surface area (Å²) in [6.07, 6.45) is 0.904. The minimum atomic E-state index is -0.219. The van der Waals surface area contributed by atoms with Crippen LogP contribution in [-0.2, 0) is 4.74 Å². The standard InChI is InChI=1S/C14H21NO4/c1-17-7-6-10(15)8-13(16)12-9-11(18-2)4-5-14(12)19-3/h4-5,9-10H,6-8,15H2,1-3H3. The Hall–Kier alpha value is -1.59. The van der Waals surface area contributed by atoms with Gasteiger partial charge in [0.05, 0.1) is 19.8 Å². The summed E-state index contributed by atoms with van der Waals surface area (Å²) < 4.78 is 15.2. The van der Waals surface area contributed by atoms with Crippen LogP contribution in [0.3, 0.4) is 0 Å². The zero-order chi connectivity index (χ0) is 14.3. The van der Waals surface area contributed by atoms with Gasteiger partial charge in [-0.1, -0.05) is 0 Å². The Morgan fingerprint density at radius 3 is 2.58 bits per heavy atom. The molecule has 0 aliphatic heterocycles. The van der Waals surface area contributed by atoms with Gasteiger partial charge in [0, 0.05) is 26.2 Å². The van der Waals surface area contributed by atoms with Crippen LogP contribution in [0.4, 0.5) is 0 Å². The number of carbonyl (C=O) groups excluding carboxylic acids is 1. The van der Waals surface area contributed by atoms with Gasteiger partial charge < -0.3 is 19.9 Å². The van der Waals surface area contributed by atoms with Gasteiger partial charge in [-0.05, 0) is 24.6 Å². The zero-order valence-electron chi connectivity index (χ0n) is 11.6. The van der Waals surface area contributed by atoms with E-state index < -0.39 is 0 Å². The fourth-order valence-corrected chi connectivity index (χ4v) is 1.75. The molecule has 0 heterocycles. The molecule has 1 aromatic carbocycles. The lowest BCUT2D eigenvalue weighted by atomic mass is 10.0. The van der Waals surface area contributed by atoms with E-state index in [4.69, 9.17) is 19.9 Å². The number of Topliss-reactive ketones (excluding diaryl/α,β-unsaturated/α-hetero) is 1. The van der Waals surface area contributed by atoms with Crippen molar-refractivity contribution in [3.05, 3.63) is 23.8 Å². The zero-order valence-corrected chi connectivity index (χ0v) is 11.6. The fraction of sp³-hybridized carbons (Fsp3) is 0.500. The molecule has 1 atom stereocenters. The Balaban J connectivity index is 2.79. The third kappa shape index (κ3) is 4.54. The molecule has 1 unspecified atom stereocenters. The van der Waals surface area contributed by atoms with E-state index in [1.165, 1.54) is 7.11 Å². The number of nitrogens with two attached hydrogens (primary N) is 1. The van der Waals surface area contributed by atoms with Gasteiger partial charge in [0.25, 0.3) is 0 Å². The molecule has 5 nitrogen and oxygen atoms in total. The second kappa shape index (κ2) is 7.76. The molecule has 2 N–H and O–H groups in total. The minimum absolute atomic E-state index is 0.0562. The second-order valence-electron chi connectivity index (χ2n) is 4.24. The number of benzene rings is 1. The van der Waals surface area contributed by atoms with E-state index in [9.17, 15) is 4.79 Å². The first kappa shape index (κ1) is 15.5. The largest absolute Gasteiger partial charge is 0.497 e. The van der Waals surface area contributed by atoms with Crippen LogP contribution in [-0.4, -0.2) is 39.8 Å². The highest BCUT2D eigenvalue weighted by atomic mass is 16.5. The first-order valence-corrected chi connectivity index (χ1v) is 6.12. The first-order chi connectivity index (χ1) is 9.12. The van der Waals surface area contributed by atoms with Crippen LogP contribution in [0.15, 0.2) is 18.2 Å². The van der Waals surface area contributed by atoms with E-state index in [1.54, 1.807) is 32.4 Å². The highest BCUT2D eigenvalue weighted by molar-refractivity contribution is 5.99. The van der Waals surface area contributed by atoms with Crippen LogP contribution in [0.25, 0.3) is 0 Å². The third-order valence-corrected chi connectivity index (χ3v) is 2.85. The topological polar surface area (TPSA) is 70.8 Å². The second-order valence-corrected chi connectivity index (χ2v) is 4.24. The molecule has 0 bridgehead atoms. The molecule has 0 fully saturated rings. The summed E-state index contributed by atoms with van der Waals surface area (Å²) in [7, 11) is 4.70. The number of carbonyl (C=O) groups is 1. The van der Waals surface area contributed by atoms with Crippen LogP contribution >= 0.6 is 0 Å². The molecule has 1 rings (SSSR count). The number of ketones is 1. The van der Waals surface area contributed by atoms with Crippen molar-refractivity contribution < 1.29 is 19.0 Å². The van der Waals surface area contributed by atoms with Crippen LogP contribution in [0, 0.1) is 0 Å². The van der Waals surface area contributed by atoms with E-state index in [1.807, 2.05) is 0 Å². The van der Waals surface area contributed by atoms with E-state index in [2.05, 4.69) is 0 Å². The maximum absolute atomic E-state index is 12.2. The van der Waals surface area contributed by atoms with Crippen molar-refractivity contribution in [3.63, 3.8) is 0 Å². The van der Waals surface area contributed by atoms with Crippen molar-refractivity contribution >= 4 is 5.78 Å². The van der Waals surface area contributed by atoms with Crippen LogP contribution < -0.4 is 15.2 Å². The van der Waals surface area contributed by atoms with E-state index >= 15 is 0 Å². The molecule has 1 aromatic rings. The summed E-state index contributed by atoms with van der Waals surface area (Å²) in [4.78, 5) is 12.2. The highest BCUT2D eigenvalue weighted by Gasteiger charge is 2.16. The molecule has 0 aliphatic rings. The average Bonchev–Trinajstić information content (AvgIpc) is 2.44. The highest BCUT2D eigenvalue weighted by Crippen LogP contribution is 2.25. The molecule has 0 saturated carbocycles. The van der Waals surface area contributed by atoms with Gasteiger partial charge in [-0.25, -0.2) is 0 Å². The maximum Gasteiger partial charge on any atom is 0.168 e. The van der Waals surface area contributed by atoms with E-state index in [-0.39, 0.29) is 18.2 Å². The van der Waals surface area contributed by atoms with Gasteiger partial charge in [-0.15, -0.1) is 0 Å². The summed E-state index contributed by atoms with van der Waals surface area (Å²) in [5.74, 6) is 1.10. The van der Waals surface area contributed by atoms with E-state index in [0.29, 0.717) is 30.1 Å². The Bertz CT molecular complexity index is 420.